The maximum absolute atomic E-state index is 12.0. The summed E-state index contributed by atoms with van der Waals surface area (Å²) in [5.74, 6) is -0.495. The molecule has 7 nitrogen and oxygen atoms in total. The van der Waals surface area contributed by atoms with Crippen LogP contribution in [0.2, 0.25) is 0 Å². The summed E-state index contributed by atoms with van der Waals surface area (Å²) >= 11 is 0. The Labute approximate surface area is 111 Å². The van der Waals surface area contributed by atoms with Crippen molar-refractivity contribution in [3.63, 3.8) is 0 Å². The molecule has 4 N–H and O–H groups in total. The lowest BCUT2D eigenvalue weighted by Gasteiger charge is -2.12. The van der Waals surface area contributed by atoms with Gasteiger partial charge in [0.15, 0.2) is 5.69 Å². The van der Waals surface area contributed by atoms with Crippen molar-refractivity contribution in [3.8, 4) is 0 Å². The topological polar surface area (TPSA) is 98.9 Å². The molecule has 0 saturated heterocycles. The third kappa shape index (κ3) is 3.31. The molecule has 2 amide bonds. The van der Waals surface area contributed by atoms with Crippen LogP contribution >= 0.6 is 0 Å². The van der Waals surface area contributed by atoms with E-state index in [4.69, 9.17) is 0 Å². The van der Waals surface area contributed by atoms with Crippen LogP contribution < -0.4 is 16.0 Å². The van der Waals surface area contributed by atoms with Gasteiger partial charge in [0.25, 0.3) is 5.91 Å². The molecule has 7 heteroatoms. The molecule has 0 aromatic carbocycles. The predicted molar refractivity (Wildman–Crippen MR) is 69.6 cm³/mol. The minimum absolute atomic E-state index is 0.0199. The number of nitrogens with one attached hydrogen (secondary N) is 4. The van der Waals surface area contributed by atoms with Gasteiger partial charge in [-0.2, -0.15) is 5.10 Å². The van der Waals surface area contributed by atoms with Crippen molar-refractivity contribution >= 4 is 11.8 Å². The number of carbonyl (C=O) groups is 2. The zero-order valence-electron chi connectivity index (χ0n) is 11.0. The maximum atomic E-state index is 12.0. The molecule has 1 aliphatic rings. The van der Waals surface area contributed by atoms with Crippen molar-refractivity contribution in [2.45, 2.75) is 26.3 Å². The SMILES string of the molecule is CCCNC(=O)CNC(=O)c1n[nH]c2c1CNCC2. The van der Waals surface area contributed by atoms with E-state index in [9.17, 15) is 9.59 Å². The fourth-order valence-corrected chi connectivity index (χ4v) is 1.98. The van der Waals surface area contributed by atoms with E-state index in [-0.39, 0.29) is 18.4 Å². The third-order valence-electron chi connectivity index (χ3n) is 3.00. The Morgan fingerprint density at radius 2 is 2.21 bits per heavy atom. The number of aromatic amines is 1. The molecular weight excluding hydrogens is 246 g/mol. The van der Waals surface area contributed by atoms with E-state index < -0.39 is 0 Å². The average Bonchev–Trinajstić information content (AvgIpc) is 2.86. The van der Waals surface area contributed by atoms with E-state index in [1.807, 2.05) is 6.92 Å². The lowest BCUT2D eigenvalue weighted by atomic mass is 10.1. The molecule has 104 valence electrons. The number of amides is 2. The van der Waals surface area contributed by atoms with Gasteiger partial charge >= 0.3 is 0 Å². The lowest BCUT2D eigenvalue weighted by molar-refractivity contribution is -0.120. The highest BCUT2D eigenvalue weighted by Crippen LogP contribution is 2.14. The van der Waals surface area contributed by atoms with Gasteiger partial charge in [-0.05, 0) is 6.42 Å². The Balaban J connectivity index is 1.90. The first-order valence-corrected chi connectivity index (χ1v) is 6.54. The van der Waals surface area contributed by atoms with Gasteiger partial charge in [-0.1, -0.05) is 6.92 Å². The van der Waals surface area contributed by atoms with Crippen LogP contribution in [0.15, 0.2) is 0 Å². The minimum atomic E-state index is -0.312. The van der Waals surface area contributed by atoms with E-state index in [1.165, 1.54) is 0 Å². The predicted octanol–water partition coefficient (Wildman–Crippen LogP) is -0.689. The van der Waals surface area contributed by atoms with Crippen molar-refractivity contribution in [3.05, 3.63) is 17.0 Å². The molecule has 2 rings (SSSR count). The number of rotatable bonds is 5. The Kier molecular flexibility index (Phi) is 4.51. The van der Waals surface area contributed by atoms with E-state index in [0.717, 1.165) is 30.6 Å². The highest BCUT2D eigenvalue weighted by atomic mass is 16.2. The fourth-order valence-electron chi connectivity index (χ4n) is 1.98. The third-order valence-corrected chi connectivity index (χ3v) is 3.00. The second-order valence-electron chi connectivity index (χ2n) is 4.49. The van der Waals surface area contributed by atoms with Gasteiger partial charge in [0.1, 0.15) is 0 Å². The molecule has 0 spiro atoms. The number of carbonyl (C=O) groups excluding carboxylic acids is 2. The van der Waals surface area contributed by atoms with Crippen molar-refractivity contribution < 1.29 is 9.59 Å². The zero-order valence-corrected chi connectivity index (χ0v) is 11.0. The number of hydrogen-bond donors (Lipinski definition) is 4. The van der Waals surface area contributed by atoms with Crippen LogP contribution in [0.3, 0.4) is 0 Å². The molecule has 0 fully saturated rings. The summed E-state index contributed by atoms with van der Waals surface area (Å²) in [5.41, 5.74) is 2.28. The molecule has 0 aliphatic carbocycles. The van der Waals surface area contributed by atoms with Crippen molar-refractivity contribution in [1.29, 1.82) is 0 Å². The Morgan fingerprint density at radius 3 is 3.00 bits per heavy atom. The van der Waals surface area contributed by atoms with Crippen LogP contribution in [0.5, 0.6) is 0 Å². The van der Waals surface area contributed by atoms with Gasteiger partial charge in [0.2, 0.25) is 5.91 Å². The number of hydrogen-bond acceptors (Lipinski definition) is 4. The van der Waals surface area contributed by atoms with Gasteiger partial charge in [0, 0.05) is 37.3 Å². The summed E-state index contributed by atoms with van der Waals surface area (Å²) in [6.07, 6.45) is 1.71. The smallest absolute Gasteiger partial charge is 0.272 e. The molecule has 0 radical (unpaired) electrons. The monoisotopic (exact) mass is 265 g/mol. The highest BCUT2D eigenvalue weighted by molar-refractivity contribution is 5.96. The highest BCUT2D eigenvalue weighted by Gasteiger charge is 2.21. The number of aromatic nitrogens is 2. The van der Waals surface area contributed by atoms with Crippen LogP contribution in [0.1, 0.15) is 35.1 Å². The first-order valence-electron chi connectivity index (χ1n) is 6.54. The molecular formula is C12H19N5O2. The normalized spacial score (nSPS) is 13.7. The molecule has 19 heavy (non-hydrogen) atoms. The second-order valence-corrected chi connectivity index (χ2v) is 4.49. The minimum Gasteiger partial charge on any atom is -0.355 e. The number of fused-ring (bicyclic) bond motifs is 1. The van der Waals surface area contributed by atoms with Gasteiger partial charge < -0.3 is 16.0 Å². The number of nitrogens with zero attached hydrogens (tertiary/aromatic N) is 1. The van der Waals surface area contributed by atoms with Crippen LogP contribution in [-0.2, 0) is 17.8 Å². The van der Waals surface area contributed by atoms with Crippen LogP contribution in [0, 0.1) is 0 Å². The molecule has 0 bridgehead atoms. The first kappa shape index (κ1) is 13.5. The number of H-pyrrole nitrogens is 1. The van der Waals surface area contributed by atoms with Crippen LogP contribution in [-0.4, -0.2) is 41.6 Å². The largest absolute Gasteiger partial charge is 0.355 e. The van der Waals surface area contributed by atoms with Gasteiger partial charge in [-0.15, -0.1) is 0 Å². The molecule has 0 unspecified atom stereocenters. The van der Waals surface area contributed by atoms with E-state index in [2.05, 4.69) is 26.1 Å². The Hall–Kier alpha value is -1.89. The molecule has 0 saturated carbocycles. The van der Waals surface area contributed by atoms with Crippen LogP contribution in [0.25, 0.3) is 0 Å². The van der Waals surface area contributed by atoms with Crippen LogP contribution in [0.4, 0.5) is 0 Å². The lowest BCUT2D eigenvalue weighted by Crippen LogP contribution is -2.38. The van der Waals surface area contributed by atoms with E-state index >= 15 is 0 Å². The fraction of sp³-hybridized carbons (Fsp3) is 0.583. The molecule has 1 aromatic heterocycles. The quantitative estimate of drug-likeness (QED) is 0.566. The zero-order chi connectivity index (χ0) is 13.7. The van der Waals surface area contributed by atoms with Gasteiger partial charge in [-0.25, -0.2) is 0 Å². The molecule has 1 aliphatic heterocycles. The summed E-state index contributed by atoms with van der Waals surface area (Å²) in [6.45, 7) is 4.10. The standard InChI is InChI=1S/C12H19N5O2/c1-2-4-14-10(18)7-15-12(19)11-8-6-13-5-3-9(8)16-17-11/h13H,2-7H2,1H3,(H,14,18)(H,15,19)(H,16,17). The van der Waals surface area contributed by atoms with Crippen molar-refractivity contribution in [1.82, 2.24) is 26.1 Å². The Bertz CT molecular complexity index is 469. The maximum Gasteiger partial charge on any atom is 0.272 e. The molecule has 0 atom stereocenters. The summed E-state index contributed by atoms with van der Waals surface area (Å²) < 4.78 is 0. The van der Waals surface area contributed by atoms with E-state index in [1.54, 1.807) is 0 Å². The summed E-state index contributed by atoms with van der Waals surface area (Å²) in [7, 11) is 0. The second kappa shape index (κ2) is 6.33. The summed E-state index contributed by atoms with van der Waals surface area (Å²) in [4.78, 5) is 23.4. The van der Waals surface area contributed by atoms with E-state index in [0.29, 0.717) is 18.8 Å². The Morgan fingerprint density at radius 1 is 1.37 bits per heavy atom. The summed E-state index contributed by atoms with van der Waals surface area (Å²) in [5, 5.41) is 15.4. The van der Waals surface area contributed by atoms with Crippen molar-refractivity contribution in [2.24, 2.45) is 0 Å². The molecule has 2 heterocycles. The first-order chi connectivity index (χ1) is 9.22. The van der Waals surface area contributed by atoms with Crippen molar-refractivity contribution in [2.75, 3.05) is 19.6 Å². The summed E-state index contributed by atoms with van der Waals surface area (Å²) in [6, 6.07) is 0. The average molecular weight is 265 g/mol. The molecule has 1 aromatic rings. The van der Waals surface area contributed by atoms with Gasteiger partial charge in [-0.3, -0.25) is 14.7 Å². The van der Waals surface area contributed by atoms with Gasteiger partial charge in [0.05, 0.1) is 6.54 Å².